The number of benzene rings is 2. The summed E-state index contributed by atoms with van der Waals surface area (Å²) in [6.45, 7) is 3.02. The summed E-state index contributed by atoms with van der Waals surface area (Å²) in [6.07, 6.45) is 2.66. The van der Waals surface area contributed by atoms with Crippen LogP contribution in [0.1, 0.15) is 27.9 Å². The first kappa shape index (κ1) is 20.6. The smallest absolute Gasteiger partial charge is 0.251 e. The first-order chi connectivity index (χ1) is 12.3. The van der Waals surface area contributed by atoms with Crippen LogP contribution in [0.3, 0.4) is 0 Å². The van der Waals surface area contributed by atoms with Crippen LogP contribution in [0.2, 0.25) is 5.02 Å². The van der Waals surface area contributed by atoms with E-state index in [2.05, 4.69) is 16.7 Å². The van der Waals surface area contributed by atoms with Gasteiger partial charge in [0.1, 0.15) is 5.75 Å². The molecule has 1 amide bonds. The van der Waals surface area contributed by atoms with Crippen molar-refractivity contribution in [2.75, 3.05) is 26.2 Å². The highest BCUT2D eigenvalue weighted by Gasteiger charge is 2.15. The number of nitrogens with one attached hydrogen (secondary N) is 2. The molecule has 2 N–H and O–H groups in total. The van der Waals surface area contributed by atoms with Crippen LogP contribution in [0, 0.1) is 0 Å². The third-order valence-electron chi connectivity index (χ3n) is 4.32. The summed E-state index contributed by atoms with van der Waals surface area (Å²) in [4.78, 5) is 12.0. The Labute approximate surface area is 165 Å². The first-order valence-electron chi connectivity index (χ1n) is 8.73. The lowest BCUT2D eigenvalue weighted by molar-refractivity contribution is 0.0951. The van der Waals surface area contributed by atoms with Crippen molar-refractivity contribution in [3.63, 3.8) is 0 Å². The largest absolute Gasteiger partial charge is 0.492 e. The second-order valence-corrected chi connectivity index (χ2v) is 6.50. The molecule has 140 valence electrons. The Morgan fingerprint density at radius 1 is 1.12 bits per heavy atom. The van der Waals surface area contributed by atoms with E-state index in [0.29, 0.717) is 23.7 Å². The number of fused-ring (bicyclic) bond motifs is 1. The van der Waals surface area contributed by atoms with Crippen LogP contribution in [-0.2, 0) is 12.8 Å². The van der Waals surface area contributed by atoms with Crippen LogP contribution >= 0.6 is 24.0 Å². The van der Waals surface area contributed by atoms with Crippen molar-refractivity contribution in [2.45, 2.75) is 19.3 Å². The van der Waals surface area contributed by atoms with E-state index in [1.165, 1.54) is 11.1 Å². The molecular formula is C20H24Cl2N2O2. The number of hydrogen-bond donors (Lipinski definition) is 2. The van der Waals surface area contributed by atoms with Crippen LogP contribution in [-0.4, -0.2) is 32.1 Å². The molecule has 2 aromatic rings. The highest BCUT2D eigenvalue weighted by Crippen LogP contribution is 2.33. The standard InChI is InChI=1S/C20H23ClN2O2.ClH/c21-18-8-7-15-9-12-22-13-10-17(15)19(18)25-14-4-11-23-20(24)16-5-2-1-3-6-16;/h1-3,5-8,22H,4,9-14H2,(H,23,24);1H. The van der Waals surface area contributed by atoms with Gasteiger partial charge in [-0.05, 0) is 56.1 Å². The van der Waals surface area contributed by atoms with Crippen LogP contribution in [0.5, 0.6) is 5.75 Å². The van der Waals surface area contributed by atoms with Gasteiger partial charge in [-0.1, -0.05) is 35.9 Å². The number of amides is 1. The molecule has 4 nitrogen and oxygen atoms in total. The number of carbonyl (C=O) groups is 1. The van der Waals surface area contributed by atoms with Crippen molar-refractivity contribution >= 4 is 29.9 Å². The topological polar surface area (TPSA) is 50.4 Å². The lowest BCUT2D eigenvalue weighted by atomic mass is 10.0. The Kier molecular flexibility index (Phi) is 8.23. The van der Waals surface area contributed by atoms with Crippen LogP contribution in [0.25, 0.3) is 0 Å². The zero-order chi connectivity index (χ0) is 17.5. The van der Waals surface area contributed by atoms with Crippen LogP contribution < -0.4 is 15.4 Å². The molecule has 1 aliphatic heterocycles. The molecule has 2 aromatic carbocycles. The summed E-state index contributed by atoms with van der Waals surface area (Å²) in [5.41, 5.74) is 3.19. The molecule has 0 saturated heterocycles. The minimum atomic E-state index is -0.0571. The van der Waals surface area contributed by atoms with Gasteiger partial charge < -0.3 is 15.4 Å². The minimum absolute atomic E-state index is 0. The van der Waals surface area contributed by atoms with Crippen molar-refractivity contribution in [1.29, 1.82) is 0 Å². The van der Waals surface area contributed by atoms with E-state index in [4.69, 9.17) is 16.3 Å². The minimum Gasteiger partial charge on any atom is -0.492 e. The fourth-order valence-electron chi connectivity index (χ4n) is 3.01. The summed E-state index contributed by atoms with van der Waals surface area (Å²) in [5, 5.41) is 6.97. The van der Waals surface area contributed by atoms with Crippen LogP contribution in [0.15, 0.2) is 42.5 Å². The Hall–Kier alpha value is -1.75. The maximum Gasteiger partial charge on any atom is 0.251 e. The van der Waals surface area contributed by atoms with Crippen molar-refractivity contribution in [1.82, 2.24) is 10.6 Å². The molecule has 0 aromatic heterocycles. The average Bonchev–Trinajstić information content (AvgIpc) is 2.89. The van der Waals surface area contributed by atoms with Gasteiger partial charge in [-0.25, -0.2) is 0 Å². The van der Waals surface area contributed by atoms with E-state index in [1.54, 1.807) is 12.1 Å². The van der Waals surface area contributed by atoms with Crippen LogP contribution in [0.4, 0.5) is 0 Å². The molecule has 0 atom stereocenters. The lowest BCUT2D eigenvalue weighted by Gasteiger charge is -2.15. The highest BCUT2D eigenvalue weighted by atomic mass is 35.5. The number of carbonyl (C=O) groups excluding carboxylic acids is 1. The number of rotatable bonds is 6. The maximum absolute atomic E-state index is 12.0. The fraction of sp³-hybridized carbons (Fsp3) is 0.350. The first-order valence-corrected chi connectivity index (χ1v) is 9.10. The molecule has 0 fully saturated rings. The SMILES string of the molecule is Cl.O=C(NCCCOc1c(Cl)ccc2c1CCNCC2)c1ccccc1. The van der Waals surface area contributed by atoms with Gasteiger partial charge in [0, 0.05) is 17.7 Å². The molecule has 6 heteroatoms. The molecule has 26 heavy (non-hydrogen) atoms. The highest BCUT2D eigenvalue weighted by molar-refractivity contribution is 6.32. The van der Waals surface area contributed by atoms with Gasteiger partial charge in [0.05, 0.1) is 11.6 Å². The van der Waals surface area contributed by atoms with Crippen molar-refractivity contribution < 1.29 is 9.53 Å². The lowest BCUT2D eigenvalue weighted by Crippen LogP contribution is -2.25. The van der Waals surface area contributed by atoms with Crippen molar-refractivity contribution in [3.05, 3.63) is 64.2 Å². The Bertz CT molecular complexity index is 723. The number of hydrogen-bond acceptors (Lipinski definition) is 3. The van der Waals surface area contributed by atoms with Crippen molar-refractivity contribution in [2.24, 2.45) is 0 Å². The van der Waals surface area contributed by atoms with Gasteiger partial charge in [0.2, 0.25) is 0 Å². The quantitative estimate of drug-likeness (QED) is 0.735. The molecule has 1 aliphatic rings. The fourth-order valence-corrected chi connectivity index (χ4v) is 3.24. The zero-order valence-corrected chi connectivity index (χ0v) is 16.2. The number of halogens is 2. The molecule has 0 saturated carbocycles. The normalized spacial score (nSPS) is 13.1. The average molecular weight is 395 g/mol. The molecule has 3 rings (SSSR count). The molecule has 0 aliphatic carbocycles. The van der Waals surface area contributed by atoms with E-state index >= 15 is 0 Å². The molecule has 1 heterocycles. The summed E-state index contributed by atoms with van der Waals surface area (Å²) in [5.74, 6) is 0.746. The molecule has 0 bridgehead atoms. The number of ether oxygens (including phenoxy) is 1. The monoisotopic (exact) mass is 394 g/mol. The van der Waals surface area contributed by atoms with E-state index < -0.39 is 0 Å². The van der Waals surface area contributed by atoms with Crippen molar-refractivity contribution in [3.8, 4) is 5.75 Å². The van der Waals surface area contributed by atoms with Gasteiger partial charge in [0.15, 0.2) is 0 Å². The molecule has 0 unspecified atom stereocenters. The van der Waals surface area contributed by atoms with E-state index in [9.17, 15) is 4.79 Å². The van der Waals surface area contributed by atoms with E-state index in [1.807, 2.05) is 24.3 Å². The summed E-state index contributed by atoms with van der Waals surface area (Å²) in [7, 11) is 0. The maximum atomic E-state index is 12.0. The second-order valence-electron chi connectivity index (χ2n) is 6.09. The predicted molar refractivity (Wildman–Crippen MR) is 108 cm³/mol. The van der Waals surface area contributed by atoms with E-state index in [-0.39, 0.29) is 18.3 Å². The second kappa shape index (κ2) is 10.4. The molecule has 0 radical (unpaired) electrons. The Morgan fingerprint density at radius 3 is 2.69 bits per heavy atom. The summed E-state index contributed by atoms with van der Waals surface area (Å²) < 4.78 is 5.97. The third kappa shape index (κ3) is 5.37. The Morgan fingerprint density at radius 2 is 1.88 bits per heavy atom. The van der Waals surface area contributed by atoms with Gasteiger partial charge in [-0.15, -0.1) is 12.4 Å². The summed E-state index contributed by atoms with van der Waals surface area (Å²) in [6, 6.07) is 13.2. The van der Waals surface area contributed by atoms with Gasteiger partial charge in [-0.2, -0.15) is 0 Å². The van der Waals surface area contributed by atoms with E-state index in [0.717, 1.165) is 38.1 Å². The Balaban J connectivity index is 0.00000243. The van der Waals surface area contributed by atoms with Gasteiger partial charge >= 0.3 is 0 Å². The molecule has 0 spiro atoms. The molecular weight excluding hydrogens is 371 g/mol. The summed E-state index contributed by atoms with van der Waals surface area (Å²) >= 11 is 6.34. The zero-order valence-electron chi connectivity index (χ0n) is 14.6. The van der Waals surface area contributed by atoms with Gasteiger partial charge in [0.25, 0.3) is 5.91 Å². The predicted octanol–water partition coefficient (Wildman–Crippen LogP) is 3.65. The van der Waals surface area contributed by atoms with Gasteiger partial charge in [-0.3, -0.25) is 4.79 Å². The third-order valence-corrected chi connectivity index (χ3v) is 4.62.